The predicted octanol–water partition coefficient (Wildman–Crippen LogP) is 2.05. The Hall–Kier alpha value is -0.0800. The number of nitrogens with one attached hydrogen (secondary N) is 1. The Labute approximate surface area is 82.0 Å². The van der Waals surface area contributed by atoms with Gasteiger partial charge in [-0.2, -0.15) is 0 Å². The Morgan fingerprint density at radius 3 is 2.62 bits per heavy atom. The molecule has 1 heterocycles. The maximum Gasteiger partial charge on any atom is 0.0509 e. The molecule has 2 nitrogen and oxygen atoms in total. The summed E-state index contributed by atoms with van der Waals surface area (Å²) in [6.45, 7) is 6.50. The first kappa shape index (κ1) is 11.0. The quantitative estimate of drug-likeness (QED) is 0.708. The van der Waals surface area contributed by atoms with Crippen molar-refractivity contribution < 1.29 is 4.74 Å². The Bertz CT molecular complexity index is 130. The second-order valence-electron chi connectivity index (χ2n) is 4.49. The van der Waals surface area contributed by atoms with E-state index in [9.17, 15) is 0 Å². The molecule has 2 atom stereocenters. The van der Waals surface area contributed by atoms with Crippen LogP contribution in [0, 0.1) is 11.8 Å². The molecular formula is C11H23NO. The van der Waals surface area contributed by atoms with Gasteiger partial charge in [0.25, 0.3) is 0 Å². The molecular weight excluding hydrogens is 162 g/mol. The van der Waals surface area contributed by atoms with Gasteiger partial charge in [0, 0.05) is 12.6 Å². The first-order valence-electron chi connectivity index (χ1n) is 5.49. The average molecular weight is 185 g/mol. The summed E-state index contributed by atoms with van der Waals surface area (Å²) in [5.74, 6) is 1.57. The van der Waals surface area contributed by atoms with E-state index in [1.807, 2.05) is 0 Å². The minimum atomic E-state index is 0.671. The van der Waals surface area contributed by atoms with Gasteiger partial charge in [-0.05, 0) is 38.1 Å². The largest absolute Gasteiger partial charge is 0.381 e. The highest BCUT2D eigenvalue weighted by molar-refractivity contribution is 4.78. The van der Waals surface area contributed by atoms with Gasteiger partial charge in [0.2, 0.25) is 0 Å². The van der Waals surface area contributed by atoms with Crippen LogP contribution in [-0.4, -0.2) is 26.3 Å². The summed E-state index contributed by atoms with van der Waals surface area (Å²) in [4.78, 5) is 0. The first-order valence-corrected chi connectivity index (χ1v) is 5.49. The molecule has 1 rings (SSSR count). The molecule has 0 bridgehead atoms. The van der Waals surface area contributed by atoms with E-state index in [2.05, 4.69) is 26.2 Å². The summed E-state index contributed by atoms with van der Waals surface area (Å²) in [6.07, 6.45) is 3.85. The molecule has 2 unspecified atom stereocenters. The molecule has 0 aromatic heterocycles. The van der Waals surface area contributed by atoms with E-state index in [1.165, 1.54) is 19.3 Å². The van der Waals surface area contributed by atoms with Gasteiger partial charge in [-0.1, -0.05) is 13.8 Å². The third kappa shape index (κ3) is 3.65. The van der Waals surface area contributed by atoms with Crippen molar-refractivity contribution in [1.82, 2.24) is 5.32 Å². The van der Waals surface area contributed by atoms with E-state index in [0.29, 0.717) is 6.04 Å². The van der Waals surface area contributed by atoms with Gasteiger partial charge >= 0.3 is 0 Å². The Kier molecular flexibility index (Phi) is 4.74. The molecule has 1 aliphatic heterocycles. The SMILES string of the molecule is CNC(CCC(C)C)C1CCOC1. The van der Waals surface area contributed by atoms with Gasteiger partial charge in [0.1, 0.15) is 0 Å². The fourth-order valence-electron chi connectivity index (χ4n) is 2.00. The highest BCUT2D eigenvalue weighted by atomic mass is 16.5. The van der Waals surface area contributed by atoms with Crippen molar-refractivity contribution in [2.45, 2.75) is 39.2 Å². The molecule has 0 amide bonds. The molecule has 1 N–H and O–H groups in total. The number of hydrogen-bond acceptors (Lipinski definition) is 2. The molecule has 0 radical (unpaired) electrons. The summed E-state index contributed by atoms with van der Waals surface area (Å²) < 4.78 is 5.41. The Morgan fingerprint density at radius 1 is 1.38 bits per heavy atom. The van der Waals surface area contributed by atoms with Crippen LogP contribution in [0.3, 0.4) is 0 Å². The number of hydrogen-bond donors (Lipinski definition) is 1. The Balaban J connectivity index is 2.24. The highest BCUT2D eigenvalue weighted by Crippen LogP contribution is 2.21. The zero-order valence-electron chi connectivity index (χ0n) is 9.18. The van der Waals surface area contributed by atoms with Crippen molar-refractivity contribution in [2.75, 3.05) is 20.3 Å². The Morgan fingerprint density at radius 2 is 2.15 bits per heavy atom. The minimum Gasteiger partial charge on any atom is -0.381 e. The van der Waals surface area contributed by atoms with Crippen LogP contribution in [0.15, 0.2) is 0 Å². The van der Waals surface area contributed by atoms with E-state index in [0.717, 1.165) is 25.0 Å². The summed E-state index contributed by atoms with van der Waals surface area (Å²) >= 11 is 0. The van der Waals surface area contributed by atoms with Crippen LogP contribution in [0.25, 0.3) is 0 Å². The molecule has 0 saturated carbocycles. The van der Waals surface area contributed by atoms with Crippen molar-refractivity contribution in [3.8, 4) is 0 Å². The van der Waals surface area contributed by atoms with Gasteiger partial charge in [-0.15, -0.1) is 0 Å². The van der Waals surface area contributed by atoms with Crippen molar-refractivity contribution >= 4 is 0 Å². The second-order valence-corrected chi connectivity index (χ2v) is 4.49. The zero-order valence-corrected chi connectivity index (χ0v) is 9.18. The maximum absolute atomic E-state index is 5.41. The third-order valence-electron chi connectivity index (χ3n) is 2.96. The topological polar surface area (TPSA) is 21.3 Å². The molecule has 0 aromatic carbocycles. The van der Waals surface area contributed by atoms with Crippen LogP contribution in [0.4, 0.5) is 0 Å². The van der Waals surface area contributed by atoms with Crippen LogP contribution in [0.5, 0.6) is 0 Å². The number of ether oxygens (including phenoxy) is 1. The number of rotatable bonds is 5. The molecule has 0 aromatic rings. The minimum absolute atomic E-state index is 0.671. The van der Waals surface area contributed by atoms with E-state index in [4.69, 9.17) is 4.74 Å². The van der Waals surface area contributed by atoms with Crippen molar-refractivity contribution in [1.29, 1.82) is 0 Å². The molecule has 2 heteroatoms. The molecule has 78 valence electrons. The van der Waals surface area contributed by atoms with Crippen molar-refractivity contribution in [3.05, 3.63) is 0 Å². The van der Waals surface area contributed by atoms with E-state index in [1.54, 1.807) is 0 Å². The predicted molar refractivity (Wildman–Crippen MR) is 55.8 cm³/mol. The highest BCUT2D eigenvalue weighted by Gasteiger charge is 2.24. The summed E-state index contributed by atoms with van der Waals surface area (Å²) in [5.41, 5.74) is 0. The van der Waals surface area contributed by atoms with Gasteiger partial charge in [-0.25, -0.2) is 0 Å². The van der Waals surface area contributed by atoms with Crippen LogP contribution in [0.1, 0.15) is 33.1 Å². The van der Waals surface area contributed by atoms with Crippen LogP contribution < -0.4 is 5.32 Å². The average Bonchev–Trinajstić information content (AvgIpc) is 2.58. The summed E-state index contributed by atoms with van der Waals surface area (Å²) in [7, 11) is 2.07. The summed E-state index contributed by atoms with van der Waals surface area (Å²) in [5, 5.41) is 3.42. The molecule has 0 spiro atoms. The zero-order chi connectivity index (χ0) is 9.68. The van der Waals surface area contributed by atoms with Crippen LogP contribution in [0.2, 0.25) is 0 Å². The molecule has 1 aliphatic rings. The molecule has 1 saturated heterocycles. The summed E-state index contributed by atoms with van der Waals surface area (Å²) in [6, 6.07) is 0.671. The second kappa shape index (κ2) is 5.61. The fourth-order valence-corrected chi connectivity index (χ4v) is 2.00. The van der Waals surface area contributed by atoms with Gasteiger partial charge < -0.3 is 10.1 Å². The lowest BCUT2D eigenvalue weighted by Gasteiger charge is -2.22. The third-order valence-corrected chi connectivity index (χ3v) is 2.96. The van der Waals surface area contributed by atoms with E-state index < -0.39 is 0 Å². The maximum atomic E-state index is 5.41. The lowest BCUT2D eigenvalue weighted by Crippen LogP contribution is -2.34. The van der Waals surface area contributed by atoms with Gasteiger partial charge in [0.05, 0.1) is 6.61 Å². The molecule has 13 heavy (non-hydrogen) atoms. The van der Waals surface area contributed by atoms with Crippen LogP contribution in [-0.2, 0) is 4.74 Å². The monoisotopic (exact) mass is 185 g/mol. The van der Waals surface area contributed by atoms with Crippen LogP contribution >= 0.6 is 0 Å². The van der Waals surface area contributed by atoms with E-state index >= 15 is 0 Å². The van der Waals surface area contributed by atoms with Crippen molar-refractivity contribution in [3.63, 3.8) is 0 Å². The van der Waals surface area contributed by atoms with Crippen molar-refractivity contribution in [2.24, 2.45) is 11.8 Å². The first-order chi connectivity index (χ1) is 6.24. The van der Waals surface area contributed by atoms with Gasteiger partial charge in [-0.3, -0.25) is 0 Å². The van der Waals surface area contributed by atoms with Gasteiger partial charge in [0.15, 0.2) is 0 Å². The standard InChI is InChI=1S/C11H23NO/c1-9(2)4-5-11(12-3)10-6-7-13-8-10/h9-12H,4-8H2,1-3H3. The fraction of sp³-hybridized carbons (Fsp3) is 1.00. The normalized spacial score (nSPS) is 25.4. The lowest BCUT2D eigenvalue weighted by molar-refractivity contribution is 0.175. The lowest BCUT2D eigenvalue weighted by atomic mass is 9.92. The molecule has 1 fully saturated rings. The van der Waals surface area contributed by atoms with E-state index in [-0.39, 0.29) is 0 Å². The molecule has 0 aliphatic carbocycles. The smallest absolute Gasteiger partial charge is 0.0509 e.